The molecule has 2 aliphatic rings. The largest absolute Gasteiger partial charge is 0.496 e. The second-order valence-corrected chi connectivity index (χ2v) is 9.68. The highest BCUT2D eigenvalue weighted by Gasteiger charge is 2.40. The summed E-state index contributed by atoms with van der Waals surface area (Å²) in [4.78, 5) is 30.0. The fraction of sp³-hybridized carbons (Fsp3) is 0.214. The first-order chi connectivity index (χ1) is 18.1. The van der Waals surface area contributed by atoms with Gasteiger partial charge in [0.1, 0.15) is 16.7 Å². The van der Waals surface area contributed by atoms with Crippen molar-refractivity contribution in [1.29, 1.82) is 0 Å². The number of hydrogen-bond acceptors (Lipinski definition) is 7. The van der Waals surface area contributed by atoms with Crippen LogP contribution < -0.4 is 14.8 Å². The number of aliphatic imine (C=N–C) groups is 1. The molecule has 9 heteroatoms. The van der Waals surface area contributed by atoms with Crippen LogP contribution >= 0.6 is 11.8 Å². The van der Waals surface area contributed by atoms with E-state index in [4.69, 9.17) is 14.6 Å². The van der Waals surface area contributed by atoms with Gasteiger partial charge in [0.15, 0.2) is 5.17 Å². The Labute approximate surface area is 219 Å². The molecule has 0 unspecified atom stereocenters. The molecule has 0 radical (unpaired) electrons. The molecule has 3 aromatic carbocycles. The van der Waals surface area contributed by atoms with Crippen LogP contribution in [0.25, 0.3) is 0 Å². The minimum absolute atomic E-state index is 0.0169. The Bertz CT molecular complexity index is 1380. The van der Waals surface area contributed by atoms with Crippen LogP contribution in [0, 0.1) is 0 Å². The Balaban J connectivity index is 1.37. The smallest absolute Gasteiger partial charge is 0.262 e. The van der Waals surface area contributed by atoms with E-state index in [1.54, 1.807) is 31.4 Å². The van der Waals surface area contributed by atoms with E-state index >= 15 is 0 Å². The first-order valence-corrected chi connectivity index (χ1v) is 12.7. The van der Waals surface area contributed by atoms with Crippen LogP contribution in [0.5, 0.6) is 11.5 Å². The minimum Gasteiger partial charge on any atom is -0.496 e. The molecule has 37 heavy (non-hydrogen) atoms. The number of carbonyl (C=O) groups excluding carboxylic acids is 2. The van der Waals surface area contributed by atoms with Crippen LogP contribution in [0.3, 0.4) is 0 Å². The van der Waals surface area contributed by atoms with E-state index in [0.717, 1.165) is 22.6 Å². The Morgan fingerprint density at radius 1 is 0.973 bits per heavy atom. The molecule has 2 atom stereocenters. The number of benzene rings is 3. The number of methoxy groups -OCH3 is 2. The lowest BCUT2D eigenvalue weighted by atomic mass is 9.98. The molecule has 0 aliphatic carbocycles. The monoisotopic (exact) mass is 514 g/mol. The number of amidine groups is 1. The van der Waals surface area contributed by atoms with Gasteiger partial charge in [-0.3, -0.25) is 9.59 Å². The average molecular weight is 515 g/mol. The van der Waals surface area contributed by atoms with Crippen LogP contribution in [0.15, 0.2) is 89.0 Å². The highest BCUT2D eigenvalue weighted by molar-refractivity contribution is 8.15. The molecular weight excluding hydrogens is 488 g/mol. The predicted molar refractivity (Wildman–Crippen MR) is 145 cm³/mol. The van der Waals surface area contributed by atoms with Gasteiger partial charge in [0, 0.05) is 18.4 Å². The van der Waals surface area contributed by atoms with E-state index in [-0.39, 0.29) is 24.3 Å². The van der Waals surface area contributed by atoms with Gasteiger partial charge in [-0.05, 0) is 23.8 Å². The van der Waals surface area contributed by atoms with E-state index < -0.39 is 5.25 Å². The number of amides is 2. The summed E-state index contributed by atoms with van der Waals surface area (Å²) in [5.74, 6) is 0.655. The SMILES string of the molecule is COc1ccccc1NC(=O)C[C@@H]1SC(N2N=C(c3ccccc3)C[C@H]2c2ccccc2OC)=NC1=O. The number of hydrogen-bond donors (Lipinski definition) is 1. The molecule has 2 amide bonds. The molecule has 0 bridgehead atoms. The van der Waals surface area contributed by atoms with Crippen molar-refractivity contribution in [2.45, 2.75) is 24.1 Å². The number of thioether (sulfide) groups is 1. The Morgan fingerprint density at radius 2 is 1.65 bits per heavy atom. The first-order valence-electron chi connectivity index (χ1n) is 11.8. The van der Waals surface area contributed by atoms with Crippen molar-refractivity contribution < 1.29 is 19.1 Å². The molecule has 2 heterocycles. The first kappa shape index (κ1) is 24.6. The summed E-state index contributed by atoms with van der Waals surface area (Å²) in [7, 11) is 3.18. The van der Waals surface area contributed by atoms with Crippen LogP contribution in [-0.4, -0.2) is 47.2 Å². The molecule has 3 aromatic rings. The zero-order valence-electron chi connectivity index (χ0n) is 20.5. The number of para-hydroxylation sites is 3. The predicted octanol–water partition coefficient (Wildman–Crippen LogP) is 4.88. The summed E-state index contributed by atoms with van der Waals surface area (Å²) >= 11 is 1.26. The highest BCUT2D eigenvalue weighted by atomic mass is 32.2. The third kappa shape index (κ3) is 5.22. The van der Waals surface area contributed by atoms with Crippen molar-refractivity contribution in [2.24, 2.45) is 10.1 Å². The molecule has 0 spiro atoms. The molecule has 188 valence electrons. The van der Waals surface area contributed by atoms with Crippen molar-refractivity contribution in [3.8, 4) is 11.5 Å². The van der Waals surface area contributed by atoms with Crippen molar-refractivity contribution in [3.05, 3.63) is 90.0 Å². The standard InChI is InChI=1S/C28H26N4O4S/c1-35-23-14-8-6-12-19(23)22-16-21(18-10-4-3-5-11-18)31-32(22)28-30-27(34)25(37-28)17-26(33)29-20-13-7-9-15-24(20)36-2/h3-15,22,25H,16-17H2,1-2H3,(H,29,33)/t22-,25-/m0/s1. The zero-order valence-corrected chi connectivity index (χ0v) is 21.3. The molecule has 0 fully saturated rings. The quantitative estimate of drug-likeness (QED) is 0.483. The molecule has 0 saturated heterocycles. The van der Waals surface area contributed by atoms with Gasteiger partial charge < -0.3 is 14.8 Å². The van der Waals surface area contributed by atoms with E-state index in [1.165, 1.54) is 11.8 Å². The fourth-order valence-electron chi connectivity index (χ4n) is 4.40. The molecule has 1 N–H and O–H groups in total. The summed E-state index contributed by atoms with van der Waals surface area (Å²) in [5.41, 5.74) is 3.41. The van der Waals surface area contributed by atoms with Crippen molar-refractivity contribution in [3.63, 3.8) is 0 Å². The number of nitrogens with one attached hydrogen (secondary N) is 1. The number of nitrogens with zero attached hydrogens (tertiary/aromatic N) is 3. The fourth-order valence-corrected chi connectivity index (χ4v) is 5.46. The average Bonchev–Trinajstić information content (AvgIpc) is 3.53. The lowest BCUT2D eigenvalue weighted by Crippen LogP contribution is -2.25. The summed E-state index contributed by atoms with van der Waals surface area (Å²) in [6.45, 7) is 0. The third-order valence-corrected chi connectivity index (χ3v) is 7.33. The van der Waals surface area contributed by atoms with E-state index in [9.17, 15) is 9.59 Å². The molecule has 5 rings (SSSR count). The normalized spacial score (nSPS) is 18.9. The topological polar surface area (TPSA) is 92.6 Å². The van der Waals surface area contributed by atoms with E-state index in [0.29, 0.717) is 23.0 Å². The van der Waals surface area contributed by atoms with Crippen molar-refractivity contribution in [2.75, 3.05) is 19.5 Å². The van der Waals surface area contributed by atoms with Crippen molar-refractivity contribution in [1.82, 2.24) is 5.01 Å². The summed E-state index contributed by atoms with van der Waals surface area (Å²) in [6.07, 6.45) is 0.605. The second-order valence-electron chi connectivity index (χ2n) is 8.51. The molecule has 2 aliphatic heterocycles. The third-order valence-electron chi connectivity index (χ3n) is 6.19. The number of rotatable bonds is 7. The number of hydrazone groups is 1. The Kier molecular flexibility index (Phi) is 7.23. The maximum absolute atomic E-state index is 12.9. The van der Waals surface area contributed by atoms with Gasteiger partial charge in [-0.15, -0.1) is 0 Å². The van der Waals surface area contributed by atoms with Gasteiger partial charge in [-0.2, -0.15) is 10.1 Å². The Hall–Kier alpha value is -4.11. The number of anilines is 1. The maximum Gasteiger partial charge on any atom is 0.262 e. The van der Waals surface area contributed by atoms with Crippen LogP contribution in [0.2, 0.25) is 0 Å². The second kappa shape index (κ2) is 10.9. The lowest BCUT2D eigenvalue weighted by molar-refractivity contribution is -0.121. The molecule has 8 nitrogen and oxygen atoms in total. The maximum atomic E-state index is 12.9. The van der Waals surface area contributed by atoms with Gasteiger partial charge in [-0.25, -0.2) is 5.01 Å². The van der Waals surface area contributed by atoms with Crippen LogP contribution in [0.1, 0.15) is 30.0 Å². The molecule has 0 saturated carbocycles. The van der Waals surface area contributed by atoms with Gasteiger partial charge in [0.2, 0.25) is 5.91 Å². The molecular formula is C28H26N4O4S. The lowest BCUT2D eigenvalue weighted by Gasteiger charge is -2.24. The summed E-state index contributed by atoms with van der Waals surface area (Å²) in [5, 5.41) is 9.35. The summed E-state index contributed by atoms with van der Waals surface area (Å²) in [6, 6.07) is 24.7. The molecule has 0 aromatic heterocycles. The Morgan fingerprint density at radius 3 is 2.41 bits per heavy atom. The zero-order chi connectivity index (χ0) is 25.8. The van der Waals surface area contributed by atoms with E-state index in [2.05, 4.69) is 10.3 Å². The number of carbonyl (C=O) groups is 2. The highest BCUT2D eigenvalue weighted by Crippen LogP contribution is 2.41. The van der Waals surface area contributed by atoms with Gasteiger partial charge in [0.05, 0.1) is 31.7 Å². The van der Waals surface area contributed by atoms with Gasteiger partial charge >= 0.3 is 0 Å². The van der Waals surface area contributed by atoms with Crippen LogP contribution in [0.4, 0.5) is 5.69 Å². The minimum atomic E-state index is -0.640. The van der Waals surface area contributed by atoms with Gasteiger partial charge in [0.25, 0.3) is 5.91 Å². The van der Waals surface area contributed by atoms with Crippen LogP contribution in [-0.2, 0) is 9.59 Å². The van der Waals surface area contributed by atoms with E-state index in [1.807, 2.05) is 66.7 Å². The van der Waals surface area contributed by atoms with Gasteiger partial charge in [-0.1, -0.05) is 72.4 Å². The van der Waals surface area contributed by atoms with Crippen molar-refractivity contribution >= 4 is 40.1 Å². The summed E-state index contributed by atoms with van der Waals surface area (Å²) < 4.78 is 10.9. The number of ether oxygens (including phenoxy) is 2.